The lowest BCUT2D eigenvalue weighted by Gasteiger charge is -2.53. The van der Waals surface area contributed by atoms with Crippen molar-refractivity contribution in [3.8, 4) is 0 Å². The normalized spacial score (nSPS) is 38.3. The van der Waals surface area contributed by atoms with Crippen LogP contribution >= 0.6 is 0 Å². The summed E-state index contributed by atoms with van der Waals surface area (Å²) in [6.45, 7) is 4.36. The number of hydrogen-bond acceptors (Lipinski definition) is 3. The highest BCUT2D eigenvalue weighted by Gasteiger charge is 2.52. The number of carbonyl (C=O) groups is 1. The second kappa shape index (κ2) is 5.04. The number of carbonyl (C=O) groups excluding carboxylic acids is 1. The van der Waals surface area contributed by atoms with E-state index in [0.29, 0.717) is 6.61 Å². The van der Waals surface area contributed by atoms with E-state index in [1.165, 1.54) is 6.42 Å². The van der Waals surface area contributed by atoms with Crippen LogP contribution in [-0.4, -0.2) is 23.3 Å². The molecule has 2 atom stereocenters. The topological polar surface area (TPSA) is 46.5 Å². The van der Waals surface area contributed by atoms with Gasteiger partial charge in [-0.15, -0.1) is 0 Å². The second-order valence-electron chi connectivity index (χ2n) is 5.90. The van der Waals surface area contributed by atoms with Crippen LogP contribution in [0.2, 0.25) is 0 Å². The molecule has 0 bridgehead atoms. The fraction of sp³-hybridized carbons (Fsp3) is 0.800. The second-order valence-corrected chi connectivity index (χ2v) is 5.90. The predicted molar refractivity (Wildman–Crippen MR) is 70.1 cm³/mol. The van der Waals surface area contributed by atoms with Crippen molar-refractivity contribution in [1.82, 2.24) is 0 Å². The number of aliphatic hydroxyl groups is 1. The maximum absolute atomic E-state index is 11.6. The Balaban J connectivity index is 2.27. The Morgan fingerprint density at radius 1 is 1.33 bits per heavy atom. The summed E-state index contributed by atoms with van der Waals surface area (Å²) in [4.78, 5) is 11.6. The van der Waals surface area contributed by atoms with Crippen molar-refractivity contribution in [1.29, 1.82) is 0 Å². The summed E-state index contributed by atoms with van der Waals surface area (Å²) in [7, 11) is 0. The van der Waals surface area contributed by atoms with Crippen molar-refractivity contribution < 1.29 is 14.6 Å². The smallest absolute Gasteiger partial charge is 0.330 e. The van der Waals surface area contributed by atoms with Crippen LogP contribution in [0, 0.1) is 5.41 Å². The molecule has 3 heteroatoms. The maximum atomic E-state index is 11.6. The number of hydrogen-bond donors (Lipinski definition) is 1. The van der Waals surface area contributed by atoms with E-state index in [1.54, 1.807) is 13.0 Å². The van der Waals surface area contributed by atoms with Crippen LogP contribution in [0.5, 0.6) is 0 Å². The minimum Gasteiger partial charge on any atom is -0.463 e. The molecule has 2 fully saturated rings. The first-order valence-electron chi connectivity index (χ1n) is 7.12. The van der Waals surface area contributed by atoms with Crippen LogP contribution < -0.4 is 0 Å². The van der Waals surface area contributed by atoms with Crippen LogP contribution in [0.1, 0.15) is 58.8 Å². The molecule has 0 spiro atoms. The van der Waals surface area contributed by atoms with Gasteiger partial charge in [-0.1, -0.05) is 19.8 Å². The molecule has 2 rings (SSSR count). The number of fused-ring (bicyclic) bond motifs is 1. The highest BCUT2D eigenvalue weighted by atomic mass is 16.5. The lowest BCUT2D eigenvalue weighted by atomic mass is 9.55. The van der Waals surface area contributed by atoms with Gasteiger partial charge < -0.3 is 9.84 Å². The summed E-state index contributed by atoms with van der Waals surface area (Å²) >= 11 is 0. The predicted octanol–water partition coefficient (Wildman–Crippen LogP) is 2.97. The average molecular weight is 252 g/mol. The molecular weight excluding hydrogens is 228 g/mol. The highest BCUT2D eigenvalue weighted by molar-refractivity contribution is 5.83. The van der Waals surface area contributed by atoms with E-state index in [0.717, 1.165) is 44.1 Å². The third-order valence-corrected chi connectivity index (χ3v) is 4.80. The Morgan fingerprint density at radius 2 is 2.00 bits per heavy atom. The van der Waals surface area contributed by atoms with E-state index in [9.17, 15) is 9.90 Å². The van der Waals surface area contributed by atoms with E-state index in [1.807, 2.05) is 0 Å². The van der Waals surface area contributed by atoms with Crippen molar-refractivity contribution >= 4 is 5.97 Å². The van der Waals surface area contributed by atoms with Crippen LogP contribution in [0.3, 0.4) is 0 Å². The molecule has 2 aliphatic rings. The van der Waals surface area contributed by atoms with E-state index in [-0.39, 0.29) is 11.4 Å². The van der Waals surface area contributed by atoms with Gasteiger partial charge in [0, 0.05) is 11.5 Å². The van der Waals surface area contributed by atoms with Crippen molar-refractivity contribution in [3.63, 3.8) is 0 Å². The molecule has 1 N–H and O–H groups in total. The molecule has 102 valence electrons. The quantitative estimate of drug-likeness (QED) is 0.607. The summed E-state index contributed by atoms with van der Waals surface area (Å²) in [6.07, 6.45) is 8.57. The van der Waals surface area contributed by atoms with Crippen LogP contribution in [0.4, 0.5) is 0 Å². The van der Waals surface area contributed by atoms with Crippen LogP contribution in [0.25, 0.3) is 0 Å². The first kappa shape index (κ1) is 13.6. The summed E-state index contributed by atoms with van der Waals surface area (Å²) in [6, 6.07) is 0. The fourth-order valence-electron chi connectivity index (χ4n) is 3.68. The Morgan fingerprint density at radius 3 is 2.72 bits per heavy atom. The van der Waals surface area contributed by atoms with Gasteiger partial charge >= 0.3 is 5.97 Å². The first-order valence-corrected chi connectivity index (χ1v) is 7.12. The highest BCUT2D eigenvalue weighted by Crippen LogP contribution is 2.55. The fourth-order valence-corrected chi connectivity index (χ4v) is 3.68. The SMILES string of the molecule is CCOC(=O)/C=C1\CCC[C@]2(C)CCCC[C@]12O. The van der Waals surface area contributed by atoms with Crippen LogP contribution in [0.15, 0.2) is 11.6 Å². The number of ether oxygens (including phenoxy) is 1. The van der Waals surface area contributed by atoms with Crippen molar-refractivity contribution in [2.75, 3.05) is 6.61 Å². The van der Waals surface area contributed by atoms with Gasteiger partial charge in [-0.25, -0.2) is 4.79 Å². The van der Waals surface area contributed by atoms with E-state index in [2.05, 4.69) is 6.92 Å². The molecule has 2 aliphatic carbocycles. The zero-order valence-electron chi connectivity index (χ0n) is 11.5. The first-order chi connectivity index (χ1) is 8.52. The van der Waals surface area contributed by atoms with Crippen LogP contribution in [-0.2, 0) is 9.53 Å². The molecule has 3 nitrogen and oxygen atoms in total. The van der Waals surface area contributed by atoms with Gasteiger partial charge in [-0.3, -0.25) is 0 Å². The Labute approximate surface area is 109 Å². The van der Waals surface area contributed by atoms with Gasteiger partial charge in [0.2, 0.25) is 0 Å². The third kappa shape index (κ3) is 2.20. The molecule has 2 saturated carbocycles. The van der Waals surface area contributed by atoms with Gasteiger partial charge in [0.25, 0.3) is 0 Å². The number of esters is 1. The lowest BCUT2D eigenvalue weighted by molar-refractivity contribution is -0.138. The van der Waals surface area contributed by atoms with E-state index >= 15 is 0 Å². The molecule has 0 radical (unpaired) electrons. The summed E-state index contributed by atoms with van der Waals surface area (Å²) < 4.78 is 4.98. The molecule has 0 unspecified atom stereocenters. The van der Waals surface area contributed by atoms with Gasteiger partial charge in [0.05, 0.1) is 12.2 Å². The molecule has 0 amide bonds. The average Bonchev–Trinajstić information content (AvgIpc) is 2.31. The third-order valence-electron chi connectivity index (χ3n) is 4.80. The largest absolute Gasteiger partial charge is 0.463 e. The van der Waals surface area contributed by atoms with Crippen molar-refractivity contribution in [3.05, 3.63) is 11.6 Å². The Bertz CT molecular complexity index is 357. The summed E-state index contributed by atoms with van der Waals surface area (Å²) in [5, 5.41) is 11.1. The maximum Gasteiger partial charge on any atom is 0.330 e. The Hall–Kier alpha value is -0.830. The minimum absolute atomic E-state index is 0.0537. The van der Waals surface area contributed by atoms with E-state index < -0.39 is 5.60 Å². The molecule has 0 heterocycles. The summed E-state index contributed by atoms with van der Waals surface area (Å²) in [5.41, 5.74) is 0.0624. The zero-order chi connectivity index (χ0) is 13.2. The molecular formula is C15H24O3. The molecule has 0 saturated heterocycles. The van der Waals surface area contributed by atoms with E-state index in [4.69, 9.17) is 4.74 Å². The Kier molecular flexibility index (Phi) is 3.81. The molecule has 0 aromatic heterocycles. The molecule has 0 aromatic carbocycles. The molecule has 0 aromatic rings. The monoisotopic (exact) mass is 252 g/mol. The van der Waals surface area contributed by atoms with Gasteiger partial charge in [0.15, 0.2) is 0 Å². The van der Waals surface area contributed by atoms with Crippen molar-refractivity contribution in [2.24, 2.45) is 5.41 Å². The minimum atomic E-state index is -0.781. The lowest BCUT2D eigenvalue weighted by Crippen LogP contribution is -2.52. The molecule has 0 aliphatic heterocycles. The van der Waals surface area contributed by atoms with Gasteiger partial charge in [-0.05, 0) is 44.6 Å². The van der Waals surface area contributed by atoms with Gasteiger partial charge in [0.1, 0.15) is 0 Å². The van der Waals surface area contributed by atoms with Crippen molar-refractivity contribution in [2.45, 2.75) is 64.4 Å². The van der Waals surface area contributed by atoms with Gasteiger partial charge in [-0.2, -0.15) is 0 Å². The molecule has 18 heavy (non-hydrogen) atoms. The standard InChI is InChI=1S/C15H24O3/c1-3-18-13(16)11-12-7-6-9-14(2)8-4-5-10-15(12,14)17/h11,17H,3-10H2,1-2H3/b12-11+/t14-,15-/m0/s1. The zero-order valence-corrected chi connectivity index (χ0v) is 11.5. The number of rotatable bonds is 2. The summed E-state index contributed by atoms with van der Waals surface area (Å²) in [5.74, 6) is -0.309.